The molecule has 0 bridgehead atoms. The average Bonchev–Trinajstić information content (AvgIpc) is 2.72. The zero-order valence-corrected chi connectivity index (χ0v) is 9.64. The summed E-state index contributed by atoms with van der Waals surface area (Å²) in [6.45, 7) is 0.526. The van der Waals surface area contributed by atoms with Crippen molar-refractivity contribution in [1.29, 1.82) is 0 Å². The van der Waals surface area contributed by atoms with Crippen molar-refractivity contribution in [2.24, 2.45) is 0 Å². The normalized spacial score (nSPS) is 10.3. The summed E-state index contributed by atoms with van der Waals surface area (Å²) in [5.41, 5.74) is 1.47. The summed E-state index contributed by atoms with van der Waals surface area (Å²) in [4.78, 5) is 0. The first kappa shape index (κ1) is 10.5. The van der Waals surface area contributed by atoms with Crippen molar-refractivity contribution < 1.29 is 0 Å². The van der Waals surface area contributed by atoms with Crippen LogP contribution < -0.4 is 5.32 Å². The number of hydrogen-bond acceptors (Lipinski definition) is 6. The molecule has 0 aliphatic rings. The fourth-order valence-electron chi connectivity index (χ4n) is 0.924. The van der Waals surface area contributed by atoms with Crippen molar-refractivity contribution in [1.82, 2.24) is 19.8 Å². The molecule has 0 saturated carbocycles. The van der Waals surface area contributed by atoms with Crippen LogP contribution in [0, 0.1) is 0 Å². The predicted molar refractivity (Wildman–Crippen MR) is 59.3 cm³/mol. The van der Waals surface area contributed by atoms with Crippen LogP contribution in [-0.2, 0) is 6.54 Å². The standard InChI is InChI=1S/C7H5Cl2N5S/c8-6-1-5(7(9)13-12-6)10-2-4-3-15-14-11-4/h1,3H,2H2,(H,10,12). The summed E-state index contributed by atoms with van der Waals surface area (Å²) >= 11 is 12.8. The fraction of sp³-hybridized carbons (Fsp3) is 0.143. The van der Waals surface area contributed by atoms with Gasteiger partial charge in [-0.25, -0.2) is 0 Å². The van der Waals surface area contributed by atoms with E-state index in [1.54, 1.807) is 6.07 Å². The minimum atomic E-state index is 0.280. The van der Waals surface area contributed by atoms with Gasteiger partial charge >= 0.3 is 0 Å². The van der Waals surface area contributed by atoms with Gasteiger partial charge in [0.2, 0.25) is 0 Å². The van der Waals surface area contributed by atoms with Crippen molar-refractivity contribution in [2.75, 3.05) is 5.32 Å². The van der Waals surface area contributed by atoms with E-state index in [-0.39, 0.29) is 5.15 Å². The van der Waals surface area contributed by atoms with Gasteiger partial charge in [-0.2, -0.15) is 0 Å². The SMILES string of the molecule is Clc1cc(NCc2csnn2)c(Cl)nn1. The zero-order valence-electron chi connectivity index (χ0n) is 7.31. The Balaban J connectivity index is 2.07. The van der Waals surface area contributed by atoms with Crippen LogP contribution in [0.4, 0.5) is 5.69 Å². The maximum atomic E-state index is 5.81. The first-order valence-electron chi connectivity index (χ1n) is 3.94. The molecule has 2 rings (SSSR count). The van der Waals surface area contributed by atoms with E-state index in [9.17, 15) is 0 Å². The Morgan fingerprint density at radius 3 is 2.87 bits per heavy atom. The van der Waals surface area contributed by atoms with Gasteiger partial charge < -0.3 is 5.32 Å². The van der Waals surface area contributed by atoms with Gasteiger partial charge in [0.15, 0.2) is 10.3 Å². The van der Waals surface area contributed by atoms with Crippen LogP contribution in [0.3, 0.4) is 0 Å². The van der Waals surface area contributed by atoms with Gasteiger partial charge in [0.25, 0.3) is 0 Å². The van der Waals surface area contributed by atoms with E-state index in [1.165, 1.54) is 11.5 Å². The molecule has 0 aromatic carbocycles. The summed E-state index contributed by atoms with van der Waals surface area (Å²) in [6.07, 6.45) is 0. The molecule has 8 heteroatoms. The van der Waals surface area contributed by atoms with Crippen molar-refractivity contribution in [3.8, 4) is 0 Å². The number of nitrogens with one attached hydrogen (secondary N) is 1. The molecule has 0 aliphatic heterocycles. The predicted octanol–water partition coefficient (Wildman–Crippen LogP) is 2.25. The summed E-state index contributed by atoms with van der Waals surface area (Å²) < 4.78 is 3.74. The first-order chi connectivity index (χ1) is 7.25. The minimum absolute atomic E-state index is 0.280. The number of nitrogens with zero attached hydrogens (tertiary/aromatic N) is 4. The van der Waals surface area contributed by atoms with Crippen LogP contribution in [0.2, 0.25) is 10.3 Å². The molecule has 5 nitrogen and oxygen atoms in total. The third kappa shape index (κ3) is 2.74. The lowest BCUT2D eigenvalue weighted by atomic mass is 10.4. The molecule has 0 radical (unpaired) electrons. The second-order valence-corrected chi connectivity index (χ2v) is 3.98. The zero-order chi connectivity index (χ0) is 10.7. The van der Waals surface area contributed by atoms with Gasteiger partial charge in [0, 0.05) is 11.4 Å². The first-order valence-corrected chi connectivity index (χ1v) is 5.53. The number of halogens is 2. The van der Waals surface area contributed by atoms with Crippen LogP contribution in [0.1, 0.15) is 5.69 Å². The Bertz CT molecular complexity index is 447. The van der Waals surface area contributed by atoms with Crippen LogP contribution in [-0.4, -0.2) is 19.8 Å². The lowest BCUT2D eigenvalue weighted by Crippen LogP contribution is -2.01. The van der Waals surface area contributed by atoms with Gasteiger partial charge in [-0.15, -0.1) is 15.3 Å². The molecular weight excluding hydrogens is 257 g/mol. The summed E-state index contributed by atoms with van der Waals surface area (Å²) in [6, 6.07) is 1.61. The molecule has 0 amide bonds. The number of hydrogen-bond donors (Lipinski definition) is 1. The van der Waals surface area contributed by atoms with Gasteiger partial charge in [-0.3, -0.25) is 0 Å². The molecule has 0 saturated heterocycles. The van der Waals surface area contributed by atoms with Crippen molar-refractivity contribution in [3.63, 3.8) is 0 Å². The van der Waals surface area contributed by atoms with E-state index in [4.69, 9.17) is 23.2 Å². The molecule has 0 aliphatic carbocycles. The molecule has 0 atom stereocenters. The fourth-order valence-corrected chi connectivity index (χ4v) is 1.68. The smallest absolute Gasteiger partial charge is 0.174 e. The van der Waals surface area contributed by atoms with Gasteiger partial charge in [-0.05, 0) is 11.5 Å². The van der Waals surface area contributed by atoms with Crippen molar-refractivity contribution in [3.05, 3.63) is 27.4 Å². The molecule has 0 fully saturated rings. The second-order valence-electron chi connectivity index (χ2n) is 2.62. The van der Waals surface area contributed by atoms with Crippen LogP contribution in [0.15, 0.2) is 11.4 Å². The largest absolute Gasteiger partial charge is 0.377 e. The minimum Gasteiger partial charge on any atom is -0.377 e. The van der Waals surface area contributed by atoms with Crippen LogP contribution >= 0.6 is 34.7 Å². The summed E-state index contributed by atoms with van der Waals surface area (Å²) in [5, 5.41) is 16.6. The Morgan fingerprint density at radius 1 is 1.27 bits per heavy atom. The number of anilines is 1. The van der Waals surface area contributed by atoms with E-state index in [0.29, 0.717) is 17.4 Å². The van der Waals surface area contributed by atoms with Crippen molar-refractivity contribution in [2.45, 2.75) is 6.54 Å². The van der Waals surface area contributed by atoms with Crippen LogP contribution in [0.5, 0.6) is 0 Å². The van der Waals surface area contributed by atoms with E-state index in [2.05, 4.69) is 25.1 Å². The van der Waals surface area contributed by atoms with Crippen molar-refractivity contribution >= 4 is 40.4 Å². The van der Waals surface area contributed by atoms with E-state index >= 15 is 0 Å². The Hall–Kier alpha value is -0.980. The molecule has 0 spiro atoms. The molecule has 78 valence electrons. The van der Waals surface area contributed by atoms with E-state index in [1.807, 2.05) is 5.38 Å². The average molecular weight is 262 g/mol. The monoisotopic (exact) mass is 261 g/mol. The molecule has 2 aromatic rings. The topological polar surface area (TPSA) is 63.6 Å². The summed E-state index contributed by atoms with van der Waals surface area (Å²) in [7, 11) is 0. The highest BCUT2D eigenvalue weighted by Gasteiger charge is 2.04. The van der Waals surface area contributed by atoms with Gasteiger partial charge in [0.05, 0.1) is 17.9 Å². The highest BCUT2D eigenvalue weighted by Crippen LogP contribution is 2.21. The number of rotatable bonds is 3. The van der Waals surface area contributed by atoms with Crippen LogP contribution in [0.25, 0.3) is 0 Å². The molecule has 15 heavy (non-hydrogen) atoms. The van der Waals surface area contributed by atoms with E-state index < -0.39 is 0 Å². The third-order valence-electron chi connectivity index (χ3n) is 1.58. The molecule has 1 N–H and O–H groups in total. The quantitative estimate of drug-likeness (QED) is 0.919. The van der Waals surface area contributed by atoms with E-state index in [0.717, 1.165) is 5.69 Å². The third-order valence-corrected chi connectivity index (χ3v) is 2.60. The maximum Gasteiger partial charge on any atom is 0.174 e. The molecule has 2 aromatic heterocycles. The number of aromatic nitrogens is 4. The lowest BCUT2D eigenvalue weighted by Gasteiger charge is -2.04. The van der Waals surface area contributed by atoms with Gasteiger partial charge in [-0.1, -0.05) is 27.7 Å². The Kier molecular flexibility index (Phi) is 3.30. The second kappa shape index (κ2) is 4.69. The molecule has 0 unspecified atom stereocenters. The maximum absolute atomic E-state index is 5.81. The molecular formula is C7H5Cl2N5S. The Labute approximate surface area is 99.6 Å². The molecule has 2 heterocycles. The highest BCUT2D eigenvalue weighted by molar-refractivity contribution is 7.03. The Morgan fingerprint density at radius 2 is 2.13 bits per heavy atom. The lowest BCUT2D eigenvalue weighted by molar-refractivity contribution is 0.982. The highest BCUT2D eigenvalue weighted by atomic mass is 35.5. The summed E-state index contributed by atoms with van der Waals surface area (Å²) in [5.74, 6) is 0. The van der Waals surface area contributed by atoms with Gasteiger partial charge in [0.1, 0.15) is 0 Å².